The average molecular weight is 367 g/mol. The van der Waals surface area contributed by atoms with Crippen LogP contribution in [-0.2, 0) is 14.9 Å². The summed E-state index contributed by atoms with van der Waals surface area (Å²) in [5.41, 5.74) is 0.115. The topological polar surface area (TPSA) is 58.6 Å². The van der Waals surface area contributed by atoms with Crippen LogP contribution in [0.4, 0.5) is 0 Å². The predicted octanol–water partition coefficient (Wildman–Crippen LogP) is 3.00. The molecule has 0 amide bonds. The van der Waals surface area contributed by atoms with Gasteiger partial charge < -0.3 is 0 Å². The number of hydrogen-bond acceptors (Lipinski definition) is 4. The van der Waals surface area contributed by atoms with Gasteiger partial charge in [0, 0.05) is 22.6 Å². The quantitative estimate of drug-likeness (QED) is 0.892. The summed E-state index contributed by atoms with van der Waals surface area (Å²) >= 11 is 12.2. The summed E-state index contributed by atoms with van der Waals surface area (Å²) in [6, 6.07) is 4.53. The predicted molar refractivity (Wildman–Crippen MR) is 88.5 cm³/mol. The van der Waals surface area contributed by atoms with Crippen molar-refractivity contribution in [1.29, 1.82) is 0 Å². The Morgan fingerprint density at radius 1 is 1.32 bits per heavy atom. The first-order valence-corrected chi connectivity index (χ1v) is 9.15. The number of halogens is 2. The Hall–Kier alpha value is -0.370. The van der Waals surface area contributed by atoms with E-state index in [1.807, 2.05) is 0 Å². The number of benzene rings is 1. The van der Waals surface area contributed by atoms with Crippen LogP contribution >= 0.6 is 23.2 Å². The van der Waals surface area contributed by atoms with Gasteiger partial charge in [0.25, 0.3) is 0 Å². The molecule has 1 N–H and O–H groups in total. The van der Waals surface area contributed by atoms with E-state index in [2.05, 4.69) is 4.72 Å². The third-order valence-electron chi connectivity index (χ3n) is 3.31. The Kier molecular flexibility index (Phi) is 5.12. The van der Waals surface area contributed by atoms with E-state index in [4.69, 9.17) is 28.0 Å². The van der Waals surface area contributed by atoms with E-state index in [-0.39, 0.29) is 6.61 Å². The number of rotatable bonds is 3. The van der Waals surface area contributed by atoms with E-state index in [9.17, 15) is 8.42 Å². The molecule has 0 radical (unpaired) electrons. The third-order valence-corrected chi connectivity index (χ3v) is 5.96. The molecule has 1 fully saturated rings. The Bertz CT molecular complexity index is 659. The number of hydrogen-bond donors (Lipinski definition) is 1. The van der Waals surface area contributed by atoms with Gasteiger partial charge in [-0.1, -0.05) is 29.3 Å². The van der Waals surface area contributed by atoms with Crippen LogP contribution in [0.1, 0.15) is 32.4 Å². The van der Waals surface area contributed by atoms with Gasteiger partial charge >= 0.3 is 0 Å². The van der Waals surface area contributed by atoms with Crippen molar-refractivity contribution in [2.45, 2.75) is 37.6 Å². The highest BCUT2D eigenvalue weighted by Gasteiger charge is 2.45. The van der Waals surface area contributed by atoms with Gasteiger partial charge in [0.15, 0.2) is 0 Å². The molecule has 5 nitrogen and oxygen atoms in total. The molecule has 124 valence electrons. The van der Waals surface area contributed by atoms with E-state index in [1.54, 1.807) is 46.0 Å². The monoisotopic (exact) mass is 366 g/mol. The number of sulfonamides is 1. The highest BCUT2D eigenvalue weighted by molar-refractivity contribution is 7.90. The minimum atomic E-state index is -3.58. The van der Waals surface area contributed by atoms with Gasteiger partial charge in [-0.05, 0) is 38.5 Å². The van der Waals surface area contributed by atoms with Crippen molar-refractivity contribution < 1.29 is 13.3 Å². The Labute approximate surface area is 141 Å². The summed E-state index contributed by atoms with van der Waals surface area (Å²) in [6.07, 6.45) is 0. The van der Waals surface area contributed by atoms with Crippen LogP contribution < -0.4 is 4.72 Å². The van der Waals surface area contributed by atoms with Gasteiger partial charge in [-0.15, -0.1) is 0 Å². The average Bonchev–Trinajstić information content (AvgIpc) is 2.69. The van der Waals surface area contributed by atoms with Crippen LogP contribution in [0.5, 0.6) is 0 Å². The lowest BCUT2D eigenvalue weighted by Gasteiger charge is -2.27. The first kappa shape index (κ1) is 18.0. The zero-order valence-corrected chi connectivity index (χ0v) is 15.3. The summed E-state index contributed by atoms with van der Waals surface area (Å²) in [5.74, 6) is 0. The van der Waals surface area contributed by atoms with Crippen molar-refractivity contribution in [1.82, 2.24) is 9.79 Å². The summed E-state index contributed by atoms with van der Waals surface area (Å²) < 4.78 is 28.0. The number of nitrogens with zero attached hydrogens (tertiary/aromatic N) is 1. The van der Waals surface area contributed by atoms with Crippen LogP contribution in [0.2, 0.25) is 10.0 Å². The van der Waals surface area contributed by atoms with Gasteiger partial charge in [-0.3, -0.25) is 4.84 Å². The summed E-state index contributed by atoms with van der Waals surface area (Å²) in [7, 11) is -1.89. The molecule has 0 spiro atoms. The van der Waals surface area contributed by atoms with Crippen LogP contribution in [0.15, 0.2) is 18.2 Å². The summed E-state index contributed by atoms with van der Waals surface area (Å²) in [5, 5.41) is 1.70. The van der Waals surface area contributed by atoms with E-state index >= 15 is 0 Å². The van der Waals surface area contributed by atoms with Crippen molar-refractivity contribution in [3.63, 3.8) is 0 Å². The molecule has 1 aromatic rings. The lowest BCUT2D eigenvalue weighted by atomic mass is 10.0. The van der Waals surface area contributed by atoms with Crippen molar-refractivity contribution in [3.8, 4) is 0 Å². The van der Waals surface area contributed by atoms with Crippen molar-refractivity contribution in [2.75, 3.05) is 13.7 Å². The van der Waals surface area contributed by atoms with Crippen LogP contribution in [0.25, 0.3) is 0 Å². The lowest BCUT2D eigenvalue weighted by Crippen LogP contribution is -2.47. The highest BCUT2D eigenvalue weighted by Crippen LogP contribution is 2.38. The molecular weight excluding hydrogens is 347 g/mol. The third kappa shape index (κ3) is 3.93. The number of nitrogens with one attached hydrogen (secondary N) is 1. The van der Waals surface area contributed by atoms with Gasteiger partial charge in [0.1, 0.15) is 5.25 Å². The minimum Gasteiger partial charge on any atom is -0.297 e. The largest absolute Gasteiger partial charge is 0.297 e. The molecule has 1 heterocycles. The maximum atomic E-state index is 12.7. The molecular formula is C14H20Cl2N2O3S. The first-order chi connectivity index (χ1) is 10.0. The molecule has 0 saturated carbocycles. The zero-order chi connectivity index (χ0) is 16.7. The molecule has 1 aliphatic heterocycles. The molecule has 0 aromatic heterocycles. The molecule has 0 bridgehead atoms. The molecule has 2 atom stereocenters. The molecule has 0 aliphatic carbocycles. The second-order valence-corrected chi connectivity index (χ2v) is 9.13. The Balaban J connectivity index is 2.40. The standard InChI is InChI=1S/C14H20Cl2N2O3S/c1-14(2,3)17-22(19,20)12-8-21-18(4)13(12)10-6-5-9(15)7-11(10)16/h5-7,12-13,17H,8H2,1-4H3. The van der Waals surface area contributed by atoms with Gasteiger partial charge in [0.2, 0.25) is 10.0 Å². The Morgan fingerprint density at radius 2 is 1.95 bits per heavy atom. The second-order valence-electron chi connectivity index (χ2n) is 6.39. The second kappa shape index (κ2) is 6.26. The van der Waals surface area contributed by atoms with Crippen LogP contribution in [0.3, 0.4) is 0 Å². The number of hydroxylamine groups is 2. The first-order valence-electron chi connectivity index (χ1n) is 6.85. The SMILES string of the molecule is CN1OCC(S(=O)(=O)NC(C)(C)C)C1c1ccc(Cl)cc1Cl. The molecule has 8 heteroatoms. The van der Waals surface area contributed by atoms with Gasteiger partial charge in [-0.25, -0.2) is 13.1 Å². The molecule has 2 unspecified atom stereocenters. The summed E-state index contributed by atoms with van der Waals surface area (Å²) in [4.78, 5) is 5.44. The fraction of sp³-hybridized carbons (Fsp3) is 0.571. The van der Waals surface area contributed by atoms with Gasteiger partial charge in [0.05, 0.1) is 12.6 Å². The molecule has 22 heavy (non-hydrogen) atoms. The lowest BCUT2D eigenvalue weighted by molar-refractivity contribution is -0.110. The van der Waals surface area contributed by atoms with Crippen LogP contribution in [0, 0.1) is 0 Å². The van der Waals surface area contributed by atoms with Gasteiger partial charge in [-0.2, -0.15) is 5.06 Å². The maximum absolute atomic E-state index is 12.7. The van der Waals surface area contributed by atoms with Crippen molar-refractivity contribution >= 4 is 33.2 Å². The van der Waals surface area contributed by atoms with Crippen molar-refractivity contribution in [2.24, 2.45) is 0 Å². The molecule has 1 aliphatic rings. The smallest absolute Gasteiger partial charge is 0.219 e. The molecule has 1 aromatic carbocycles. The molecule has 1 saturated heterocycles. The van der Waals surface area contributed by atoms with Crippen molar-refractivity contribution in [3.05, 3.63) is 33.8 Å². The van der Waals surface area contributed by atoms with E-state index in [0.717, 1.165) is 0 Å². The normalized spacial score (nSPS) is 23.9. The summed E-state index contributed by atoms with van der Waals surface area (Å²) in [6.45, 7) is 5.47. The minimum absolute atomic E-state index is 0.0749. The molecule has 2 rings (SSSR count). The Morgan fingerprint density at radius 3 is 2.50 bits per heavy atom. The fourth-order valence-electron chi connectivity index (χ4n) is 2.50. The van der Waals surface area contributed by atoms with E-state index < -0.39 is 26.9 Å². The van der Waals surface area contributed by atoms with Crippen LogP contribution in [-0.4, -0.2) is 37.9 Å². The zero-order valence-electron chi connectivity index (χ0n) is 12.9. The highest BCUT2D eigenvalue weighted by atomic mass is 35.5. The van der Waals surface area contributed by atoms with E-state index in [1.165, 1.54) is 5.06 Å². The fourth-order valence-corrected chi connectivity index (χ4v) is 4.92. The van der Waals surface area contributed by atoms with E-state index in [0.29, 0.717) is 15.6 Å². The maximum Gasteiger partial charge on any atom is 0.219 e.